The van der Waals surface area contributed by atoms with Crippen LogP contribution < -0.4 is 10.1 Å². The Kier molecular flexibility index (Phi) is 6.70. The molecule has 166 valence electrons. The SMILES string of the molecule is CNc1nc([C@@H]2CCCCN2C(=O)CCc2ccc(OC)cc2)nc2c1CN(C)CC2. The first-order valence-electron chi connectivity index (χ1n) is 11.3. The van der Waals surface area contributed by atoms with Crippen LogP contribution in [0.5, 0.6) is 5.75 Å². The van der Waals surface area contributed by atoms with Crippen molar-refractivity contribution in [3.05, 3.63) is 46.9 Å². The molecule has 1 saturated heterocycles. The molecule has 0 aliphatic carbocycles. The van der Waals surface area contributed by atoms with Crippen LogP contribution in [0.4, 0.5) is 5.82 Å². The van der Waals surface area contributed by atoms with Crippen LogP contribution in [0.25, 0.3) is 0 Å². The maximum absolute atomic E-state index is 13.2. The van der Waals surface area contributed by atoms with Gasteiger partial charge in [0, 0.05) is 45.1 Å². The number of likely N-dealkylation sites (N-methyl/N-ethyl adjacent to an activating group) is 1. The second kappa shape index (κ2) is 9.64. The topological polar surface area (TPSA) is 70.6 Å². The number of ether oxygens (including phenoxy) is 1. The fourth-order valence-electron chi connectivity index (χ4n) is 4.61. The van der Waals surface area contributed by atoms with Crippen LogP contribution in [-0.4, -0.2) is 60.0 Å². The Morgan fingerprint density at radius 3 is 2.74 bits per heavy atom. The zero-order valence-corrected chi connectivity index (χ0v) is 18.9. The molecule has 1 amide bonds. The molecule has 2 aromatic rings. The summed E-state index contributed by atoms with van der Waals surface area (Å²) >= 11 is 0. The number of nitrogens with zero attached hydrogens (tertiary/aromatic N) is 4. The normalized spacial score (nSPS) is 19.1. The van der Waals surface area contributed by atoms with Gasteiger partial charge >= 0.3 is 0 Å². The zero-order valence-electron chi connectivity index (χ0n) is 18.9. The molecule has 4 rings (SSSR count). The molecular weight excluding hydrogens is 390 g/mol. The van der Waals surface area contributed by atoms with E-state index in [0.29, 0.717) is 6.42 Å². The summed E-state index contributed by atoms with van der Waals surface area (Å²) in [5.41, 5.74) is 3.46. The first kappa shape index (κ1) is 21.6. The molecule has 0 saturated carbocycles. The van der Waals surface area contributed by atoms with Gasteiger partial charge in [0.1, 0.15) is 11.6 Å². The number of benzene rings is 1. The minimum Gasteiger partial charge on any atom is -0.497 e. The highest BCUT2D eigenvalue weighted by Crippen LogP contribution is 2.32. The summed E-state index contributed by atoms with van der Waals surface area (Å²) in [7, 11) is 5.70. The molecule has 1 atom stereocenters. The van der Waals surface area contributed by atoms with Gasteiger partial charge in [-0.2, -0.15) is 0 Å². The number of rotatable bonds is 6. The molecular formula is C24H33N5O2. The third kappa shape index (κ3) is 4.82. The monoisotopic (exact) mass is 423 g/mol. The van der Waals surface area contributed by atoms with Crippen molar-refractivity contribution in [3.63, 3.8) is 0 Å². The first-order chi connectivity index (χ1) is 15.1. The molecule has 0 radical (unpaired) electrons. The summed E-state index contributed by atoms with van der Waals surface area (Å²) in [6.45, 7) is 2.65. The summed E-state index contributed by atoms with van der Waals surface area (Å²) in [6.07, 6.45) is 5.22. The lowest BCUT2D eigenvalue weighted by molar-refractivity contribution is -0.135. The van der Waals surface area contributed by atoms with E-state index in [-0.39, 0.29) is 11.9 Å². The van der Waals surface area contributed by atoms with Gasteiger partial charge in [0.05, 0.1) is 18.8 Å². The highest BCUT2D eigenvalue weighted by atomic mass is 16.5. The molecule has 1 aromatic carbocycles. The van der Waals surface area contributed by atoms with Crippen molar-refractivity contribution < 1.29 is 9.53 Å². The maximum atomic E-state index is 13.2. The molecule has 2 aliphatic heterocycles. The Hall–Kier alpha value is -2.67. The largest absolute Gasteiger partial charge is 0.497 e. The Labute approximate surface area is 184 Å². The summed E-state index contributed by atoms with van der Waals surface area (Å²) in [6, 6.07) is 7.92. The van der Waals surface area contributed by atoms with Crippen molar-refractivity contribution in [1.82, 2.24) is 19.8 Å². The lowest BCUT2D eigenvalue weighted by Crippen LogP contribution is -2.40. The van der Waals surface area contributed by atoms with Gasteiger partial charge in [0.25, 0.3) is 0 Å². The van der Waals surface area contributed by atoms with E-state index in [1.165, 1.54) is 5.56 Å². The van der Waals surface area contributed by atoms with E-state index in [2.05, 4.69) is 17.3 Å². The van der Waals surface area contributed by atoms with Gasteiger partial charge in [0.2, 0.25) is 5.91 Å². The predicted molar refractivity (Wildman–Crippen MR) is 121 cm³/mol. The molecule has 3 heterocycles. The van der Waals surface area contributed by atoms with Gasteiger partial charge in [-0.05, 0) is 50.4 Å². The third-order valence-electron chi connectivity index (χ3n) is 6.41. The fraction of sp³-hybridized carbons (Fsp3) is 0.542. The molecule has 7 heteroatoms. The average molecular weight is 424 g/mol. The number of nitrogens with one attached hydrogen (secondary N) is 1. The molecule has 7 nitrogen and oxygen atoms in total. The first-order valence-corrected chi connectivity index (χ1v) is 11.3. The number of fused-ring (bicyclic) bond motifs is 1. The number of hydrogen-bond acceptors (Lipinski definition) is 6. The molecule has 1 aromatic heterocycles. The smallest absolute Gasteiger partial charge is 0.223 e. The van der Waals surface area contributed by atoms with Crippen molar-refractivity contribution in [3.8, 4) is 5.75 Å². The third-order valence-corrected chi connectivity index (χ3v) is 6.41. The van der Waals surface area contributed by atoms with Crippen LogP contribution in [0, 0.1) is 0 Å². The molecule has 0 spiro atoms. The number of aryl methyl sites for hydroxylation is 1. The second-order valence-corrected chi connectivity index (χ2v) is 8.54. The highest BCUT2D eigenvalue weighted by molar-refractivity contribution is 5.77. The number of hydrogen-bond donors (Lipinski definition) is 1. The predicted octanol–water partition coefficient (Wildman–Crippen LogP) is 3.20. The number of carbonyl (C=O) groups excluding carboxylic acids is 1. The van der Waals surface area contributed by atoms with Crippen LogP contribution in [0.1, 0.15) is 54.4 Å². The maximum Gasteiger partial charge on any atom is 0.223 e. The Balaban J connectivity index is 1.51. The molecule has 1 fully saturated rings. The minimum atomic E-state index is -0.0332. The van der Waals surface area contributed by atoms with Crippen LogP contribution in [0.2, 0.25) is 0 Å². The Morgan fingerprint density at radius 2 is 2.00 bits per heavy atom. The number of amides is 1. The Morgan fingerprint density at radius 1 is 1.19 bits per heavy atom. The van der Waals surface area contributed by atoms with Crippen molar-refractivity contribution in [2.24, 2.45) is 0 Å². The van der Waals surface area contributed by atoms with E-state index in [1.54, 1.807) is 7.11 Å². The molecule has 0 unspecified atom stereocenters. The number of anilines is 1. The number of methoxy groups -OCH3 is 1. The highest BCUT2D eigenvalue weighted by Gasteiger charge is 2.31. The Bertz CT molecular complexity index is 898. The van der Waals surface area contributed by atoms with Crippen molar-refractivity contribution in [2.45, 2.75) is 51.1 Å². The van der Waals surface area contributed by atoms with Gasteiger partial charge in [0.15, 0.2) is 5.82 Å². The molecule has 1 N–H and O–H groups in total. The van der Waals surface area contributed by atoms with Crippen LogP contribution in [0.15, 0.2) is 24.3 Å². The summed E-state index contributed by atoms with van der Waals surface area (Å²) < 4.78 is 5.22. The van der Waals surface area contributed by atoms with Crippen LogP contribution in [0.3, 0.4) is 0 Å². The summed E-state index contributed by atoms with van der Waals surface area (Å²) in [4.78, 5) is 27.3. The number of aromatic nitrogens is 2. The second-order valence-electron chi connectivity index (χ2n) is 8.54. The van der Waals surface area contributed by atoms with E-state index in [9.17, 15) is 4.79 Å². The standard InChI is InChI=1S/C24H33N5O2/c1-25-23-19-16-28(2)15-13-20(19)26-24(27-23)21-6-4-5-14-29(21)22(30)12-9-17-7-10-18(31-3)11-8-17/h7-8,10-11,21H,4-6,9,12-16H2,1-3H3,(H,25,26,27)/t21-/m0/s1. The van der Waals surface area contributed by atoms with Crippen LogP contribution in [-0.2, 0) is 24.2 Å². The molecule has 0 bridgehead atoms. The van der Waals surface area contributed by atoms with E-state index in [0.717, 1.165) is 80.4 Å². The van der Waals surface area contributed by atoms with Crippen molar-refractivity contribution in [2.75, 3.05) is 39.6 Å². The van der Waals surface area contributed by atoms with Gasteiger partial charge in [-0.25, -0.2) is 9.97 Å². The lowest BCUT2D eigenvalue weighted by atomic mass is 9.99. The fourth-order valence-corrected chi connectivity index (χ4v) is 4.61. The number of likely N-dealkylation sites (tertiary alicyclic amines) is 1. The van der Waals surface area contributed by atoms with E-state index >= 15 is 0 Å². The van der Waals surface area contributed by atoms with Gasteiger partial charge in [-0.15, -0.1) is 0 Å². The lowest BCUT2D eigenvalue weighted by Gasteiger charge is -2.36. The summed E-state index contributed by atoms with van der Waals surface area (Å²) in [5, 5.41) is 3.26. The average Bonchev–Trinajstić information content (AvgIpc) is 2.82. The van der Waals surface area contributed by atoms with E-state index in [4.69, 9.17) is 14.7 Å². The zero-order chi connectivity index (χ0) is 21.8. The van der Waals surface area contributed by atoms with Gasteiger partial charge in [-0.3, -0.25) is 4.79 Å². The van der Waals surface area contributed by atoms with Gasteiger partial charge in [-0.1, -0.05) is 12.1 Å². The van der Waals surface area contributed by atoms with Crippen molar-refractivity contribution >= 4 is 11.7 Å². The van der Waals surface area contributed by atoms with E-state index < -0.39 is 0 Å². The summed E-state index contributed by atoms with van der Waals surface area (Å²) in [5.74, 6) is 2.72. The van der Waals surface area contributed by atoms with E-state index in [1.807, 2.05) is 36.2 Å². The molecule has 31 heavy (non-hydrogen) atoms. The minimum absolute atomic E-state index is 0.0332. The van der Waals surface area contributed by atoms with Gasteiger partial charge < -0.3 is 19.9 Å². The number of piperidine rings is 1. The van der Waals surface area contributed by atoms with Crippen molar-refractivity contribution in [1.29, 1.82) is 0 Å². The number of carbonyl (C=O) groups is 1. The van der Waals surface area contributed by atoms with Crippen LogP contribution >= 0.6 is 0 Å². The molecule has 2 aliphatic rings. The quantitative estimate of drug-likeness (QED) is 0.769.